The number of aliphatic hydroxyl groups is 2. The van der Waals surface area contributed by atoms with Crippen LogP contribution in [0, 0.1) is 0 Å². The van der Waals surface area contributed by atoms with Gasteiger partial charge in [-0.15, -0.1) is 22.7 Å². The van der Waals surface area contributed by atoms with E-state index in [0.29, 0.717) is 39.2 Å². The predicted molar refractivity (Wildman–Crippen MR) is 128 cm³/mol. The van der Waals surface area contributed by atoms with Gasteiger partial charge >= 0.3 is 0 Å². The summed E-state index contributed by atoms with van der Waals surface area (Å²) in [6, 6.07) is 8.93. The third-order valence-corrected chi connectivity index (χ3v) is 7.80. The van der Waals surface area contributed by atoms with Gasteiger partial charge in [0.1, 0.15) is 10.0 Å². The third-order valence-electron chi connectivity index (χ3n) is 5.85. The van der Waals surface area contributed by atoms with Gasteiger partial charge < -0.3 is 15.1 Å². The quantitative estimate of drug-likeness (QED) is 0.488. The van der Waals surface area contributed by atoms with Gasteiger partial charge in [-0.3, -0.25) is 9.59 Å². The molecule has 2 aromatic heterocycles. The monoisotopic (exact) mass is 503 g/mol. The first-order chi connectivity index (χ1) is 16.2. The van der Waals surface area contributed by atoms with Crippen molar-refractivity contribution in [1.29, 1.82) is 0 Å². The van der Waals surface area contributed by atoms with Crippen LogP contribution in [0.4, 0.5) is 4.39 Å². The minimum absolute atomic E-state index is 0.0213. The molecule has 3 heterocycles. The van der Waals surface area contributed by atoms with Crippen molar-refractivity contribution >= 4 is 34.4 Å². The topological polar surface area (TPSA) is 104 Å². The van der Waals surface area contributed by atoms with E-state index in [1.807, 2.05) is 30.3 Å². The van der Waals surface area contributed by atoms with E-state index in [1.165, 1.54) is 41.4 Å². The molecule has 1 aromatic carbocycles. The molecule has 180 valence electrons. The molecule has 1 aliphatic rings. The number of hydrogen-bond acceptors (Lipinski definition) is 8. The number of rotatable bonds is 8. The van der Waals surface area contributed by atoms with E-state index in [0.717, 1.165) is 5.56 Å². The lowest BCUT2D eigenvalue weighted by Gasteiger charge is -2.28. The minimum Gasteiger partial charge on any atom is -0.390 e. The highest BCUT2D eigenvalue weighted by Gasteiger charge is 2.44. The summed E-state index contributed by atoms with van der Waals surface area (Å²) < 4.78 is 14.6. The second-order valence-electron chi connectivity index (χ2n) is 8.76. The first kappa shape index (κ1) is 24.6. The molecule has 0 radical (unpaired) electrons. The highest BCUT2D eigenvalue weighted by Crippen LogP contribution is 2.36. The van der Waals surface area contributed by atoms with Crippen molar-refractivity contribution < 1.29 is 24.2 Å². The minimum atomic E-state index is -2.07. The van der Waals surface area contributed by atoms with Gasteiger partial charge in [0, 0.05) is 17.8 Å². The number of carbonyl (C=O) groups excluding carboxylic acids is 2. The third kappa shape index (κ3) is 5.10. The lowest BCUT2D eigenvalue weighted by Crippen LogP contribution is -2.48. The molecule has 0 aliphatic carbocycles. The zero-order valence-corrected chi connectivity index (χ0v) is 20.5. The second kappa shape index (κ2) is 9.99. The van der Waals surface area contributed by atoms with Crippen molar-refractivity contribution in [3.05, 3.63) is 57.0 Å². The Morgan fingerprint density at radius 1 is 1.15 bits per heavy atom. The highest BCUT2D eigenvalue weighted by atomic mass is 32.1. The number of halogens is 1. The van der Waals surface area contributed by atoms with Crippen LogP contribution in [0.25, 0.3) is 10.6 Å². The van der Waals surface area contributed by atoms with Crippen LogP contribution in [0.3, 0.4) is 0 Å². The van der Waals surface area contributed by atoms with E-state index in [1.54, 1.807) is 5.38 Å². The Labute approximate surface area is 204 Å². The van der Waals surface area contributed by atoms with Crippen LogP contribution in [0.1, 0.15) is 47.5 Å². The number of likely N-dealkylation sites (tertiary alicyclic amines) is 1. The Balaban J connectivity index is 1.55. The van der Waals surface area contributed by atoms with E-state index < -0.39 is 17.6 Å². The first-order valence-electron chi connectivity index (χ1n) is 10.9. The van der Waals surface area contributed by atoms with Crippen LogP contribution in [-0.2, 0) is 29.2 Å². The summed E-state index contributed by atoms with van der Waals surface area (Å²) in [5.41, 5.74) is -0.0400. The SMILES string of the molecule is CC(C)(F)C(=O)N1C[C@H](c2ccccc2)C[C@H]1C(=O)Cc1nc(-c2sc(CO)nc2CO)cs1. The molecule has 1 aliphatic heterocycles. The predicted octanol–water partition coefficient (Wildman–Crippen LogP) is 3.50. The molecule has 2 N–H and O–H groups in total. The van der Waals surface area contributed by atoms with Gasteiger partial charge in [-0.2, -0.15) is 0 Å². The van der Waals surface area contributed by atoms with E-state index in [9.17, 15) is 24.2 Å². The summed E-state index contributed by atoms with van der Waals surface area (Å²) in [5.74, 6) is -0.910. The molecule has 1 amide bonds. The number of thiazole rings is 2. The molecule has 3 aromatic rings. The van der Waals surface area contributed by atoms with E-state index >= 15 is 0 Å². The van der Waals surface area contributed by atoms with Gasteiger partial charge in [0.15, 0.2) is 11.5 Å². The zero-order chi connectivity index (χ0) is 24.5. The number of ketones is 1. The molecule has 2 atom stereocenters. The van der Waals surface area contributed by atoms with E-state index in [2.05, 4.69) is 9.97 Å². The van der Waals surface area contributed by atoms with Crippen LogP contribution in [0.5, 0.6) is 0 Å². The molecular weight excluding hydrogens is 477 g/mol. The Morgan fingerprint density at radius 2 is 1.88 bits per heavy atom. The number of Topliss-reactive ketones (excluding diaryl/α,β-unsaturated/α-hetero) is 1. The molecule has 34 heavy (non-hydrogen) atoms. The van der Waals surface area contributed by atoms with Crippen molar-refractivity contribution in [2.24, 2.45) is 0 Å². The number of alkyl halides is 1. The molecule has 0 unspecified atom stereocenters. The number of aliphatic hydroxyl groups excluding tert-OH is 2. The van der Waals surface area contributed by atoms with Crippen LogP contribution in [0.15, 0.2) is 35.7 Å². The van der Waals surface area contributed by atoms with Gasteiger partial charge in [-0.25, -0.2) is 14.4 Å². The van der Waals surface area contributed by atoms with Gasteiger partial charge in [0.05, 0.1) is 41.9 Å². The lowest BCUT2D eigenvalue weighted by molar-refractivity contribution is -0.146. The Morgan fingerprint density at radius 3 is 2.53 bits per heavy atom. The molecule has 4 rings (SSSR count). The average Bonchev–Trinajstić information content (AvgIpc) is 3.56. The van der Waals surface area contributed by atoms with Crippen molar-refractivity contribution in [2.75, 3.05) is 6.54 Å². The maximum absolute atomic E-state index is 14.6. The second-order valence-corrected chi connectivity index (χ2v) is 10.8. The Bertz CT molecular complexity index is 1170. The molecule has 0 bridgehead atoms. The summed E-state index contributed by atoms with van der Waals surface area (Å²) in [6.45, 7) is 2.21. The zero-order valence-electron chi connectivity index (χ0n) is 18.9. The molecule has 1 fully saturated rings. The number of carbonyl (C=O) groups is 2. The molecule has 0 saturated carbocycles. The summed E-state index contributed by atoms with van der Waals surface area (Å²) in [5, 5.41) is 21.7. The number of amides is 1. The van der Waals surface area contributed by atoms with Gasteiger partial charge in [-0.1, -0.05) is 30.3 Å². The Hall–Kier alpha value is -2.53. The number of nitrogens with zero attached hydrogens (tertiary/aromatic N) is 3. The number of benzene rings is 1. The summed E-state index contributed by atoms with van der Waals surface area (Å²) in [6.07, 6.45) is 0.458. The maximum atomic E-state index is 14.6. The molecule has 1 saturated heterocycles. The Kier molecular flexibility index (Phi) is 7.22. The fraction of sp³-hybridized carbons (Fsp3) is 0.417. The molecule has 7 nitrogen and oxygen atoms in total. The molecule has 0 spiro atoms. The van der Waals surface area contributed by atoms with E-state index in [4.69, 9.17) is 0 Å². The standard InChI is InChI=1S/C24H26FN3O4S2/c1-24(2,25)23(32)28-10-15(14-6-4-3-5-7-14)8-18(28)19(31)9-20-27-17(13-33-20)22-16(11-29)26-21(12-30)34-22/h3-7,13,15,18,29-30H,8-12H2,1-2H3/t15-,18+/m1/s1. The lowest BCUT2D eigenvalue weighted by atomic mass is 9.94. The van der Waals surface area contributed by atoms with E-state index in [-0.39, 0.29) is 31.3 Å². The van der Waals surface area contributed by atoms with Crippen LogP contribution >= 0.6 is 22.7 Å². The van der Waals surface area contributed by atoms with Crippen LogP contribution in [-0.4, -0.2) is 55.0 Å². The average molecular weight is 504 g/mol. The van der Waals surface area contributed by atoms with Crippen molar-refractivity contribution in [2.45, 2.75) is 57.5 Å². The summed E-state index contributed by atoms with van der Waals surface area (Å²) in [7, 11) is 0. The van der Waals surface area contributed by atoms with Gasteiger partial charge in [0.25, 0.3) is 5.91 Å². The number of aromatic nitrogens is 2. The largest absolute Gasteiger partial charge is 0.390 e. The van der Waals surface area contributed by atoms with Crippen molar-refractivity contribution in [3.63, 3.8) is 0 Å². The highest BCUT2D eigenvalue weighted by molar-refractivity contribution is 7.16. The summed E-state index contributed by atoms with van der Waals surface area (Å²) >= 11 is 2.55. The van der Waals surface area contributed by atoms with Crippen molar-refractivity contribution in [3.8, 4) is 10.6 Å². The van der Waals surface area contributed by atoms with Crippen molar-refractivity contribution in [1.82, 2.24) is 14.9 Å². The van der Waals surface area contributed by atoms with Gasteiger partial charge in [0.2, 0.25) is 0 Å². The van der Waals surface area contributed by atoms with Crippen LogP contribution < -0.4 is 0 Å². The van der Waals surface area contributed by atoms with Crippen LogP contribution in [0.2, 0.25) is 0 Å². The smallest absolute Gasteiger partial charge is 0.260 e. The fourth-order valence-corrected chi connectivity index (χ4v) is 5.98. The maximum Gasteiger partial charge on any atom is 0.260 e. The summed E-state index contributed by atoms with van der Waals surface area (Å²) in [4.78, 5) is 36.9. The van der Waals surface area contributed by atoms with Gasteiger partial charge in [-0.05, 0) is 25.8 Å². The fourth-order valence-electron chi connectivity index (χ4n) is 4.21. The number of hydrogen-bond donors (Lipinski definition) is 2. The first-order valence-corrected chi connectivity index (χ1v) is 12.6. The molecular formula is C24H26FN3O4S2. The normalized spacial score (nSPS) is 18.4. The molecule has 10 heteroatoms.